The molecule has 1 atom stereocenters. The van der Waals surface area contributed by atoms with Gasteiger partial charge < -0.3 is 15.0 Å². The van der Waals surface area contributed by atoms with Crippen LogP contribution in [0.4, 0.5) is 5.95 Å². The van der Waals surface area contributed by atoms with E-state index in [0.29, 0.717) is 5.95 Å². The summed E-state index contributed by atoms with van der Waals surface area (Å²) in [5.41, 5.74) is 0. The average molecular weight is 305 g/mol. The normalized spacial score (nSPS) is 23.5. The fourth-order valence-electron chi connectivity index (χ4n) is 2.91. The van der Waals surface area contributed by atoms with Gasteiger partial charge in [-0.3, -0.25) is 9.69 Å². The molecule has 0 aromatic carbocycles. The summed E-state index contributed by atoms with van der Waals surface area (Å²) in [4.78, 5) is 25.2. The number of likely N-dealkylation sites (tertiary alicyclic amines) is 1. The van der Waals surface area contributed by atoms with E-state index < -0.39 is 0 Å². The van der Waals surface area contributed by atoms with E-state index >= 15 is 0 Å². The number of nitrogens with zero attached hydrogens (tertiary/aromatic N) is 4. The number of amides is 1. The van der Waals surface area contributed by atoms with Crippen LogP contribution in [0.25, 0.3) is 0 Å². The summed E-state index contributed by atoms with van der Waals surface area (Å²) in [6.07, 6.45) is 5.21. The number of hydrogen-bond acceptors (Lipinski definition) is 6. The summed E-state index contributed by atoms with van der Waals surface area (Å²) < 4.78 is 5.35. The average Bonchev–Trinajstić information content (AvgIpc) is 2.58. The monoisotopic (exact) mass is 305 g/mol. The summed E-state index contributed by atoms with van der Waals surface area (Å²) in [5.74, 6) is 0.683. The van der Waals surface area contributed by atoms with Crippen LogP contribution in [0.2, 0.25) is 0 Å². The topological polar surface area (TPSA) is 70.6 Å². The number of morpholine rings is 1. The number of nitrogens with one attached hydrogen (secondary N) is 1. The van der Waals surface area contributed by atoms with Gasteiger partial charge in [0, 0.05) is 45.1 Å². The van der Waals surface area contributed by atoms with Gasteiger partial charge in [0.15, 0.2) is 0 Å². The zero-order valence-electron chi connectivity index (χ0n) is 12.8. The first-order valence-electron chi connectivity index (χ1n) is 7.95. The molecule has 22 heavy (non-hydrogen) atoms. The van der Waals surface area contributed by atoms with E-state index in [-0.39, 0.29) is 11.9 Å². The number of carbonyl (C=O) groups excluding carboxylic acids is 1. The Bertz CT molecular complexity index is 478. The third kappa shape index (κ3) is 3.92. The van der Waals surface area contributed by atoms with Crippen molar-refractivity contribution in [2.45, 2.75) is 18.9 Å². The predicted molar refractivity (Wildman–Crippen MR) is 82.5 cm³/mol. The molecule has 7 nitrogen and oxygen atoms in total. The molecule has 120 valence electrons. The van der Waals surface area contributed by atoms with Gasteiger partial charge in [-0.1, -0.05) is 0 Å². The third-order valence-corrected chi connectivity index (χ3v) is 4.19. The molecule has 2 saturated heterocycles. The van der Waals surface area contributed by atoms with Gasteiger partial charge in [0.1, 0.15) is 6.04 Å². The lowest BCUT2D eigenvalue weighted by atomic mass is 10.0. The molecule has 1 aromatic rings. The van der Waals surface area contributed by atoms with Crippen molar-refractivity contribution in [2.75, 3.05) is 51.3 Å². The van der Waals surface area contributed by atoms with E-state index in [4.69, 9.17) is 4.74 Å². The smallest absolute Gasteiger partial charge is 0.245 e. The summed E-state index contributed by atoms with van der Waals surface area (Å²) >= 11 is 0. The second kappa shape index (κ2) is 7.51. The number of anilines is 1. The number of piperidine rings is 1. The molecule has 0 aliphatic carbocycles. The fourth-order valence-corrected chi connectivity index (χ4v) is 2.91. The maximum Gasteiger partial charge on any atom is 0.245 e. The molecule has 0 radical (unpaired) electrons. The van der Waals surface area contributed by atoms with Crippen molar-refractivity contribution in [3.63, 3.8) is 0 Å². The summed E-state index contributed by atoms with van der Waals surface area (Å²) in [7, 11) is 0. The Morgan fingerprint density at radius 2 is 1.95 bits per heavy atom. The van der Waals surface area contributed by atoms with Crippen LogP contribution in [0.5, 0.6) is 0 Å². The lowest BCUT2D eigenvalue weighted by molar-refractivity contribution is -0.134. The van der Waals surface area contributed by atoms with Crippen LogP contribution < -0.4 is 5.32 Å². The van der Waals surface area contributed by atoms with E-state index in [0.717, 1.165) is 58.8 Å². The summed E-state index contributed by atoms with van der Waals surface area (Å²) in [5, 5.41) is 3.15. The minimum absolute atomic E-state index is 0.159. The molecule has 7 heteroatoms. The number of hydrogen-bond donors (Lipinski definition) is 1. The first kappa shape index (κ1) is 15.2. The molecule has 1 amide bonds. The van der Waals surface area contributed by atoms with Gasteiger partial charge in [-0.2, -0.15) is 0 Å². The first-order valence-corrected chi connectivity index (χ1v) is 7.95. The molecular weight excluding hydrogens is 282 g/mol. The van der Waals surface area contributed by atoms with Crippen molar-refractivity contribution >= 4 is 11.9 Å². The molecule has 2 fully saturated rings. The van der Waals surface area contributed by atoms with Gasteiger partial charge in [0.05, 0.1) is 13.2 Å². The molecule has 2 aliphatic heterocycles. The van der Waals surface area contributed by atoms with Gasteiger partial charge in [-0.05, 0) is 18.9 Å². The van der Waals surface area contributed by atoms with Crippen LogP contribution in [-0.2, 0) is 9.53 Å². The van der Waals surface area contributed by atoms with Gasteiger partial charge in [0.2, 0.25) is 11.9 Å². The van der Waals surface area contributed by atoms with E-state index in [2.05, 4.69) is 20.2 Å². The minimum atomic E-state index is -0.208. The standard InChI is InChI=1S/C15H23N5O2/c21-14-13(18-15-16-4-2-5-17-15)3-1-6-20(14)8-7-19-9-11-22-12-10-19/h2,4-5,13H,1,3,6-12H2,(H,16,17,18). The zero-order chi connectivity index (χ0) is 15.2. The van der Waals surface area contributed by atoms with Crippen molar-refractivity contribution in [2.24, 2.45) is 0 Å². The number of ether oxygens (including phenoxy) is 1. The second-order valence-electron chi connectivity index (χ2n) is 5.69. The van der Waals surface area contributed by atoms with Gasteiger partial charge >= 0.3 is 0 Å². The summed E-state index contributed by atoms with van der Waals surface area (Å²) in [6, 6.07) is 1.56. The second-order valence-corrected chi connectivity index (χ2v) is 5.69. The van der Waals surface area contributed by atoms with Crippen LogP contribution in [0.3, 0.4) is 0 Å². The Morgan fingerprint density at radius 1 is 1.18 bits per heavy atom. The highest BCUT2D eigenvalue weighted by Crippen LogP contribution is 2.15. The van der Waals surface area contributed by atoms with Gasteiger partial charge in [-0.25, -0.2) is 9.97 Å². The van der Waals surface area contributed by atoms with Crippen LogP contribution >= 0.6 is 0 Å². The fraction of sp³-hybridized carbons (Fsp3) is 0.667. The Labute approximate surface area is 130 Å². The Hall–Kier alpha value is -1.73. The molecule has 1 unspecified atom stereocenters. The van der Waals surface area contributed by atoms with E-state index in [9.17, 15) is 4.79 Å². The molecule has 3 rings (SSSR count). The van der Waals surface area contributed by atoms with Crippen molar-refractivity contribution in [1.82, 2.24) is 19.8 Å². The number of rotatable bonds is 5. The SMILES string of the molecule is O=C1C(Nc2ncccn2)CCCN1CCN1CCOCC1. The zero-order valence-corrected chi connectivity index (χ0v) is 12.8. The van der Waals surface area contributed by atoms with E-state index in [1.807, 2.05) is 4.90 Å². The molecule has 1 N–H and O–H groups in total. The maximum atomic E-state index is 12.6. The van der Waals surface area contributed by atoms with Gasteiger partial charge in [-0.15, -0.1) is 0 Å². The minimum Gasteiger partial charge on any atom is -0.379 e. The Balaban J connectivity index is 1.51. The van der Waals surface area contributed by atoms with Crippen molar-refractivity contribution < 1.29 is 9.53 Å². The van der Waals surface area contributed by atoms with Crippen LogP contribution in [0.15, 0.2) is 18.5 Å². The Kier molecular flexibility index (Phi) is 5.18. The highest BCUT2D eigenvalue weighted by molar-refractivity contribution is 5.84. The largest absolute Gasteiger partial charge is 0.379 e. The highest BCUT2D eigenvalue weighted by atomic mass is 16.5. The lowest BCUT2D eigenvalue weighted by Crippen LogP contribution is -2.50. The number of aromatic nitrogens is 2. The van der Waals surface area contributed by atoms with E-state index in [1.54, 1.807) is 18.5 Å². The summed E-state index contributed by atoms with van der Waals surface area (Å²) in [6.45, 7) is 6.06. The quantitative estimate of drug-likeness (QED) is 0.839. The van der Waals surface area contributed by atoms with Crippen LogP contribution in [0, 0.1) is 0 Å². The molecule has 3 heterocycles. The van der Waals surface area contributed by atoms with Crippen molar-refractivity contribution in [3.8, 4) is 0 Å². The van der Waals surface area contributed by atoms with Crippen LogP contribution in [-0.4, -0.2) is 77.7 Å². The van der Waals surface area contributed by atoms with Crippen LogP contribution in [0.1, 0.15) is 12.8 Å². The lowest BCUT2D eigenvalue weighted by Gasteiger charge is -2.35. The predicted octanol–water partition coefficient (Wildman–Crippen LogP) is 0.212. The van der Waals surface area contributed by atoms with Crippen molar-refractivity contribution in [1.29, 1.82) is 0 Å². The van der Waals surface area contributed by atoms with Gasteiger partial charge in [0.25, 0.3) is 0 Å². The molecular formula is C15H23N5O2. The van der Waals surface area contributed by atoms with E-state index in [1.165, 1.54) is 0 Å². The first-order chi connectivity index (χ1) is 10.8. The maximum absolute atomic E-state index is 12.6. The molecule has 0 bridgehead atoms. The molecule has 1 aromatic heterocycles. The number of carbonyl (C=O) groups is 1. The van der Waals surface area contributed by atoms with Crippen molar-refractivity contribution in [3.05, 3.63) is 18.5 Å². The highest BCUT2D eigenvalue weighted by Gasteiger charge is 2.29. The molecule has 2 aliphatic rings. The Morgan fingerprint density at radius 3 is 2.73 bits per heavy atom. The molecule has 0 spiro atoms. The third-order valence-electron chi connectivity index (χ3n) is 4.19. The molecule has 0 saturated carbocycles.